The highest BCUT2D eigenvalue weighted by molar-refractivity contribution is 7.98. The van der Waals surface area contributed by atoms with Gasteiger partial charge in [-0.25, -0.2) is 9.97 Å². The fraction of sp³-hybridized carbons (Fsp3) is 0.286. The van der Waals surface area contributed by atoms with Crippen LogP contribution in [0.25, 0.3) is 0 Å². The second-order valence-electron chi connectivity index (χ2n) is 4.35. The molecule has 4 heteroatoms. The molecule has 0 aliphatic carbocycles. The van der Waals surface area contributed by atoms with E-state index in [9.17, 15) is 0 Å². The summed E-state index contributed by atoms with van der Waals surface area (Å²) >= 11 is 1.65. The van der Waals surface area contributed by atoms with Gasteiger partial charge in [-0.3, -0.25) is 0 Å². The average Bonchev–Trinajstić information content (AvgIpc) is 2.30. The SMILES string of the molecule is Cc1cc(C)nc(SCc2cccc(N)c2C)n1. The molecule has 2 rings (SSSR count). The Kier molecular flexibility index (Phi) is 3.87. The number of thioether (sulfide) groups is 1. The minimum Gasteiger partial charge on any atom is -0.399 e. The van der Waals surface area contributed by atoms with Gasteiger partial charge in [-0.05, 0) is 44.0 Å². The van der Waals surface area contributed by atoms with Crippen molar-refractivity contribution in [3.05, 3.63) is 46.8 Å². The maximum Gasteiger partial charge on any atom is 0.188 e. The van der Waals surface area contributed by atoms with E-state index < -0.39 is 0 Å². The monoisotopic (exact) mass is 259 g/mol. The number of benzene rings is 1. The smallest absolute Gasteiger partial charge is 0.188 e. The highest BCUT2D eigenvalue weighted by Gasteiger charge is 2.05. The molecule has 2 N–H and O–H groups in total. The van der Waals surface area contributed by atoms with Crippen LogP contribution in [0.5, 0.6) is 0 Å². The van der Waals surface area contributed by atoms with Crippen molar-refractivity contribution in [3.63, 3.8) is 0 Å². The Morgan fingerprint density at radius 3 is 2.44 bits per heavy atom. The second-order valence-corrected chi connectivity index (χ2v) is 5.30. The van der Waals surface area contributed by atoms with Gasteiger partial charge in [-0.2, -0.15) is 0 Å². The van der Waals surface area contributed by atoms with E-state index in [-0.39, 0.29) is 0 Å². The Morgan fingerprint density at radius 2 is 1.78 bits per heavy atom. The van der Waals surface area contributed by atoms with Crippen molar-refractivity contribution in [2.45, 2.75) is 31.7 Å². The first-order valence-corrected chi connectivity index (χ1v) is 6.84. The topological polar surface area (TPSA) is 51.8 Å². The van der Waals surface area contributed by atoms with Gasteiger partial charge >= 0.3 is 0 Å². The van der Waals surface area contributed by atoms with Crippen LogP contribution in [0.2, 0.25) is 0 Å². The molecule has 0 saturated carbocycles. The van der Waals surface area contributed by atoms with E-state index in [1.165, 1.54) is 5.56 Å². The van der Waals surface area contributed by atoms with Gasteiger partial charge in [0.05, 0.1) is 0 Å². The summed E-state index contributed by atoms with van der Waals surface area (Å²) in [4.78, 5) is 8.84. The molecule has 2 aromatic rings. The molecule has 0 amide bonds. The normalized spacial score (nSPS) is 10.6. The third-order valence-electron chi connectivity index (χ3n) is 2.81. The first kappa shape index (κ1) is 12.9. The molecule has 0 fully saturated rings. The van der Waals surface area contributed by atoms with Crippen LogP contribution in [0.1, 0.15) is 22.5 Å². The van der Waals surface area contributed by atoms with Crippen molar-refractivity contribution in [2.75, 3.05) is 5.73 Å². The lowest BCUT2D eigenvalue weighted by molar-refractivity contribution is 0.901. The molecular weight excluding hydrogens is 242 g/mol. The third kappa shape index (κ3) is 3.01. The number of nitrogen functional groups attached to an aromatic ring is 1. The number of hydrogen-bond acceptors (Lipinski definition) is 4. The molecule has 0 aliphatic rings. The van der Waals surface area contributed by atoms with Gasteiger partial charge in [-0.1, -0.05) is 23.9 Å². The molecular formula is C14H17N3S. The number of nitrogens with two attached hydrogens (primary N) is 1. The molecule has 1 aromatic heterocycles. The van der Waals surface area contributed by atoms with Crippen LogP contribution in [-0.4, -0.2) is 9.97 Å². The third-order valence-corrected chi connectivity index (χ3v) is 3.70. The van der Waals surface area contributed by atoms with E-state index in [0.29, 0.717) is 0 Å². The molecule has 0 saturated heterocycles. The first-order chi connectivity index (χ1) is 8.56. The molecule has 1 aromatic carbocycles. The summed E-state index contributed by atoms with van der Waals surface area (Å²) in [6.07, 6.45) is 0. The number of nitrogens with zero attached hydrogens (tertiary/aromatic N) is 2. The number of hydrogen-bond donors (Lipinski definition) is 1. The Hall–Kier alpha value is -1.55. The maximum absolute atomic E-state index is 5.90. The summed E-state index contributed by atoms with van der Waals surface area (Å²) in [7, 11) is 0. The minimum atomic E-state index is 0.828. The van der Waals surface area contributed by atoms with Gasteiger partial charge in [0.25, 0.3) is 0 Å². The molecule has 0 bridgehead atoms. The van der Waals surface area contributed by atoms with Gasteiger partial charge in [0.2, 0.25) is 0 Å². The van der Waals surface area contributed by atoms with E-state index in [0.717, 1.165) is 33.5 Å². The van der Waals surface area contributed by atoms with E-state index >= 15 is 0 Å². The van der Waals surface area contributed by atoms with E-state index in [1.54, 1.807) is 11.8 Å². The standard InChI is InChI=1S/C14H17N3S/c1-9-7-10(2)17-14(16-9)18-8-12-5-4-6-13(15)11(12)3/h4-7H,8,15H2,1-3H3. The number of rotatable bonds is 3. The fourth-order valence-corrected chi connectivity index (χ4v) is 2.77. The van der Waals surface area contributed by atoms with Crippen molar-refractivity contribution in [2.24, 2.45) is 0 Å². The quantitative estimate of drug-likeness (QED) is 0.522. The molecule has 0 atom stereocenters. The Morgan fingerprint density at radius 1 is 1.11 bits per heavy atom. The Bertz CT molecular complexity index is 547. The van der Waals surface area contributed by atoms with Crippen molar-refractivity contribution < 1.29 is 0 Å². The number of aromatic nitrogens is 2. The number of anilines is 1. The average molecular weight is 259 g/mol. The summed E-state index contributed by atoms with van der Waals surface area (Å²) in [6, 6.07) is 7.99. The van der Waals surface area contributed by atoms with Crippen molar-refractivity contribution >= 4 is 17.4 Å². The molecule has 0 unspecified atom stereocenters. The zero-order chi connectivity index (χ0) is 13.1. The van der Waals surface area contributed by atoms with E-state index in [2.05, 4.69) is 16.0 Å². The minimum absolute atomic E-state index is 0.828. The Labute approximate surface area is 112 Å². The summed E-state index contributed by atoms with van der Waals surface area (Å²) in [5.41, 5.74) is 11.1. The van der Waals surface area contributed by atoms with E-state index in [1.807, 2.05) is 39.0 Å². The zero-order valence-corrected chi connectivity index (χ0v) is 11.7. The molecule has 0 radical (unpaired) electrons. The predicted octanol–water partition coefficient (Wildman–Crippen LogP) is 3.28. The Balaban J connectivity index is 2.14. The summed E-state index contributed by atoms with van der Waals surface area (Å²) in [5.74, 6) is 0.847. The van der Waals surface area contributed by atoms with Crippen LogP contribution < -0.4 is 5.73 Å². The van der Waals surface area contributed by atoms with Gasteiger partial charge in [-0.15, -0.1) is 0 Å². The lowest BCUT2D eigenvalue weighted by Gasteiger charge is -2.08. The highest BCUT2D eigenvalue weighted by atomic mass is 32.2. The van der Waals surface area contributed by atoms with Crippen LogP contribution in [-0.2, 0) is 5.75 Å². The fourth-order valence-electron chi connectivity index (χ4n) is 1.76. The molecule has 3 nitrogen and oxygen atoms in total. The van der Waals surface area contributed by atoms with Gasteiger partial charge in [0, 0.05) is 22.8 Å². The lowest BCUT2D eigenvalue weighted by Crippen LogP contribution is -1.96. The predicted molar refractivity (Wildman–Crippen MR) is 76.7 cm³/mol. The second kappa shape index (κ2) is 5.40. The van der Waals surface area contributed by atoms with Crippen LogP contribution in [0.3, 0.4) is 0 Å². The summed E-state index contributed by atoms with van der Waals surface area (Å²) in [6.45, 7) is 6.03. The molecule has 94 valence electrons. The number of aryl methyl sites for hydroxylation is 2. The van der Waals surface area contributed by atoms with Crippen LogP contribution in [0.4, 0.5) is 5.69 Å². The maximum atomic E-state index is 5.90. The molecule has 18 heavy (non-hydrogen) atoms. The van der Waals surface area contributed by atoms with Crippen LogP contribution >= 0.6 is 11.8 Å². The molecule has 0 spiro atoms. The van der Waals surface area contributed by atoms with Gasteiger partial charge in [0.1, 0.15) is 0 Å². The molecule has 1 heterocycles. The van der Waals surface area contributed by atoms with Crippen molar-refractivity contribution in [3.8, 4) is 0 Å². The first-order valence-electron chi connectivity index (χ1n) is 5.85. The van der Waals surface area contributed by atoms with E-state index in [4.69, 9.17) is 5.73 Å². The van der Waals surface area contributed by atoms with Gasteiger partial charge in [0.15, 0.2) is 5.16 Å². The summed E-state index contributed by atoms with van der Waals surface area (Å²) < 4.78 is 0. The van der Waals surface area contributed by atoms with Crippen LogP contribution in [0, 0.1) is 20.8 Å². The van der Waals surface area contributed by atoms with Crippen molar-refractivity contribution in [1.82, 2.24) is 9.97 Å². The lowest BCUT2D eigenvalue weighted by atomic mass is 10.1. The van der Waals surface area contributed by atoms with Gasteiger partial charge < -0.3 is 5.73 Å². The van der Waals surface area contributed by atoms with Crippen molar-refractivity contribution in [1.29, 1.82) is 0 Å². The highest BCUT2D eigenvalue weighted by Crippen LogP contribution is 2.24. The molecule has 0 aliphatic heterocycles. The zero-order valence-electron chi connectivity index (χ0n) is 10.9. The van der Waals surface area contributed by atoms with Crippen LogP contribution in [0.15, 0.2) is 29.4 Å². The summed E-state index contributed by atoms with van der Waals surface area (Å²) in [5, 5.41) is 0.828. The largest absolute Gasteiger partial charge is 0.399 e.